The lowest BCUT2D eigenvalue weighted by Gasteiger charge is -2.17. The summed E-state index contributed by atoms with van der Waals surface area (Å²) in [6.45, 7) is 1.45. The van der Waals surface area contributed by atoms with Crippen molar-refractivity contribution >= 4 is 5.84 Å². The van der Waals surface area contributed by atoms with Crippen LogP contribution in [0.4, 0.5) is 0 Å². The van der Waals surface area contributed by atoms with E-state index in [4.69, 9.17) is 16.2 Å². The fraction of sp³-hybridized carbons (Fsp3) is 0.364. The zero-order valence-electron chi connectivity index (χ0n) is 8.90. The monoisotopic (exact) mass is 207 g/mol. The van der Waals surface area contributed by atoms with Crippen LogP contribution in [0.3, 0.4) is 0 Å². The zero-order chi connectivity index (χ0) is 11.3. The Balaban J connectivity index is 2.79. The van der Waals surface area contributed by atoms with E-state index in [1.165, 1.54) is 0 Å². The minimum Gasteiger partial charge on any atom is -0.395 e. The van der Waals surface area contributed by atoms with Crippen LogP contribution >= 0.6 is 0 Å². The predicted octanol–water partition coefficient (Wildman–Crippen LogP) is 0.395. The largest absolute Gasteiger partial charge is 0.395 e. The summed E-state index contributed by atoms with van der Waals surface area (Å²) in [4.78, 5) is 1.99. The summed E-state index contributed by atoms with van der Waals surface area (Å²) in [5.74, 6) is 0.0861. The summed E-state index contributed by atoms with van der Waals surface area (Å²) in [6, 6.07) is 7.58. The summed E-state index contributed by atoms with van der Waals surface area (Å²) in [6.07, 6.45) is 0. The van der Waals surface area contributed by atoms with Crippen LogP contribution in [0.25, 0.3) is 0 Å². The first-order chi connectivity index (χ1) is 7.15. The van der Waals surface area contributed by atoms with Gasteiger partial charge in [-0.25, -0.2) is 0 Å². The molecule has 1 aromatic carbocycles. The van der Waals surface area contributed by atoms with Gasteiger partial charge in [-0.05, 0) is 12.6 Å². The number of rotatable bonds is 5. The molecule has 1 rings (SSSR count). The molecular formula is C11H17N3O. The second-order valence-electron chi connectivity index (χ2n) is 3.53. The van der Waals surface area contributed by atoms with E-state index in [0.29, 0.717) is 13.1 Å². The molecule has 0 spiro atoms. The highest BCUT2D eigenvalue weighted by molar-refractivity contribution is 5.96. The van der Waals surface area contributed by atoms with Crippen LogP contribution in [0.1, 0.15) is 11.1 Å². The molecule has 0 unspecified atom stereocenters. The van der Waals surface area contributed by atoms with Crippen LogP contribution in [0, 0.1) is 5.41 Å². The number of nitrogens with one attached hydrogen (secondary N) is 1. The van der Waals surface area contributed by atoms with Crippen molar-refractivity contribution in [1.29, 1.82) is 5.41 Å². The van der Waals surface area contributed by atoms with E-state index in [-0.39, 0.29) is 12.4 Å². The third-order valence-electron chi connectivity index (χ3n) is 2.23. The molecule has 0 aliphatic heterocycles. The highest BCUT2D eigenvalue weighted by atomic mass is 16.3. The molecule has 0 aromatic heterocycles. The highest BCUT2D eigenvalue weighted by Gasteiger charge is 2.06. The Morgan fingerprint density at radius 2 is 2.13 bits per heavy atom. The summed E-state index contributed by atoms with van der Waals surface area (Å²) in [5, 5.41) is 16.2. The third kappa shape index (κ3) is 3.34. The van der Waals surface area contributed by atoms with E-state index in [0.717, 1.165) is 11.1 Å². The maximum Gasteiger partial charge on any atom is 0.123 e. The smallest absolute Gasteiger partial charge is 0.123 e. The molecule has 0 atom stereocenters. The molecular weight excluding hydrogens is 190 g/mol. The van der Waals surface area contributed by atoms with Gasteiger partial charge >= 0.3 is 0 Å². The second kappa shape index (κ2) is 5.48. The molecule has 0 saturated carbocycles. The molecule has 0 fully saturated rings. The number of hydrogen-bond acceptors (Lipinski definition) is 3. The van der Waals surface area contributed by atoms with Gasteiger partial charge in [0.1, 0.15) is 5.84 Å². The maximum absolute atomic E-state index is 8.78. The predicted molar refractivity (Wildman–Crippen MR) is 60.9 cm³/mol. The maximum atomic E-state index is 8.78. The molecule has 4 N–H and O–H groups in total. The number of nitrogen functional groups attached to an aromatic ring is 1. The Morgan fingerprint density at radius 1 is 1.47 bits per heavy atom. The van der Waals surface area contributed by atoms with E-state index in [2.05, 4.69) is 0 Å². The van der Waals surface area contributed by atoms with Crippen molar-refractivity contribution in [3.63, 3.8) is 0 Å². The third-order valence-corrected chi connectivity index (χ3v) is 2.23. The Morgan fingerprint density at radius 3 is 2.73 bits per heavy atom. The lowest BCUT2D eigenvalue weighted by atomic mass is 10.1. The van der Waals surface area contributed by atoms with Crippen LogP contribution in [0.5, 0.6) is 0 Å². The van der Waals surface area contributed by atoms with Gasteiger partial charge in [0.2, 0.25) is 0 Å². The van der Waals surface area contributed by atoms with E-state index in [1.54, 1.807) is 0 Å². The van der Waals surface area contributed by atoms with Crippen LogP contribution in [-0.4, -0.2) is 36.0 Å². The number of hydrogen-bond donors (Lipinski definition) is 3. The van der Waals surface area contributed by atoms with Gasteiger partial charge in [-0.1, -0.05) is 24.3 Å². The van der Waals surface area contributed by atoms with E-state index in [1.807, 2.05) is 36.2 Å². The highest BCUT2D eigenvalue weighted by Crippen LogP contribution is 2.09. The summed E-state index contributed by atoms with van der Waals surface area (Å²) in [7, 11) is 1.92. The molecule has 0 saturated heterocycles. The lowest BCUT2D eigenvalue weighted by molar-refractivity contribution is 0.217. The molecule has 1 aromatic rings. The summed E-state index contributed by atoms with van der Waals surface area (Å²) in [5.41, 5.74) is 7.26. The quantitative estimate of drug-likeness (QED) is 0.483. The number of aliphatic hydroxyl groups is 1. The average molecular weight is 207 g/mol. The fourth-order valence-corrected chi connectivity index (χ4v) is 1.46. The molecule has 4 nitrogen and oxygen atoms in total. The Hall–Kier alpha value is -1.39. The Labute approximate surface area is 89.8 Å². The van der Waals surface area contributed by atoms with Gasteiger partial charge in [-0.2, -0.15) is 0 Å². The molecule has 4 heteroatoms. The number of nitrogens with zero attached hydrogens (tertiary/aromatic N) is 1. The van der Waals surface area contributed by atoms with Crippen LogP contribution < -0.4 is 5.73 Å². The van der Waals surface area contributed by atoms with Crippen molar-refractivity contribution in [2.45, 2.75) is 6.54 Å². The van der Waals surface area contributed by atoms with E-state index < -0.39 is 0 Å². The number of likely N-dealkylation sites (N-methyl/N-ethyl adjacent to an activating group) is 1. The minimum atomic E-state index is 0.0861. The van der Waals surface area contributed by atoms with Crippen molar-refractivity contribution in [3.8, 4) is 0 Å². The molecule has 15 heavy (non-hydrogen) atoms. The first-order valence-corrected chi connectivity index (χ1v) is 4.87. The molecule has 82 valence electrons. The number of aliphatic hydroxyl groups excluding tert-OH is 1. The molecule has 0 aliphatic rings. The van der Waals surface area contributed by atoms with Crippen molar-refractivity contribution in [1.82, 2.24) is 4.90 Å². The Kier molecular flexibility index (Phi) is 4.27. The molecule has 0 heterocycles. The number of amidine groups is 1. The number of nitrogens with two attached hydrogens (primary N) is 1. The van der Waals surface area contributed by atoms with Gasteiger partial charge < -0.3 is 10.8 Å². The van der Waals surface area contributed by atoms with Gasteiger partial charge in [0.25, 0.3) is 0 Å². The van der Waals surface area contributed by atoms with Crippen molar-refractivity contribution in [3.05, 3.63) is 35.4 Å². The van der Waals surface area contributed by atoms with E-state index in [9.17, 15) is 0 Å². The van der Waals surface area contributed by atoms with Crippen molar-refractivity contribution in [2.75, 3.05) is 20.2 Å². The summed E-state index contributed by atoms with van der Waals surface area (Å²) < 4.78 is 0. The minimum absolute atomic E-state index is 0.0861. The zero-order valence-corrected chi connectivity index (χ0v) is 8.90. The van der Waals surface area contributed by atoms with Gasteiger partial charge in [0.05, 0.1) is 6.61 Å². The topological polar surface area (TPSA) is 73.3 Å². The van der Waals surface area contributed by atoms with Gasteiger partial charge in [-0.15, -0.1) is 0 Å². The van der Waals surface area contributed by atoms with Crippen molar-refractivity contribution in [2.24, 2.45) is 5.73 Å². The lowest BCUT2D eigenvalue weighted by Crippen LogP contribution is -2.23. The fourth-order valence-electron chi connectivity index (χ4n) is 1.46. The first kappa shape index (κ1) is 11.7. The van der Waals surface area contributed by atoms with Gasteiger partial charge in [-0.3, -0.25) is 10.3 Å². The van der Waals surface area contributed by atoms with Crippen LogP contribution in [-0.2, 0) is 6.54 Å². The molecule has 0 aliphatic carbocycles. The number of benzene rings is 1. The van der Waals surface area contributed by atoms with Crippen LogP contribution in [0.15, 0.2) is 24.3 Å². The van der Waals surface area contributed by atoms with Crippen molar-refractivity contribution < 1.29 is 5.11 Å². The Bertz CT molecular complexity index is 338. The molecule has 0 bridgehead atoms. The SMILES string of the molecule is CN(CCO)Cc1ccccc1C(=N)N. The second-order valence-corrected chi connectivity index (χ2v) is 3.53. The first-order valence-electron chi connectivity index (χ1n) is 4.87. The van der Waals surface area contributed by atoms with Gasteiger partial charge in [0.15, 0.2) is 0 Å². The average Bonchev–Trinajstić information content (AvgIpc) is 2.18. The normalized spacial score (nSPS) is 10.6. The molecule has 0 radical (unpaired) electrons. The summed E-state index contributed by atoms with van der Waals surface area (Å²) >= 11 is 0. The van der Waals surface area contributed by atoms with E-state index >= 15 is 0 Å². The van der Waals surface area contributed by atoms with Crippen LogP contribution in [0.2, 0.25) is 0 Å². The molecule has 0 amide bonds. The standard InChI is InChI=1S/C11H17N3O/c1-14(6-7-15)8-9-4-2-3-5-10(9)11(12)13/h2-5,15H,6-8H2,1H3,(H3,12,13). The van der Waals surface area contributed by atoms with Gasteiger partial charge in [0, 0.05) is 18.7 Å².